The Balaban J connectivity index is 1.36. The third-order valence-electron chi connectivity index (χ3n) is 7.28. The summed E-state index contributed by atoms with van der Waals surface area (Å²) in [4.78, 5) is 15.5. The number of hydrogen-bond acceptors (Lipinski definition) is 3. The van der Waals surface area contributed by atoms with E-state index in [1.165, 1.54) is 56.9 Å². The van der Waals surface area contributed by atoms with Gasteiger partial charge in [0.05, 0.1) is 6.54 Å². The van der Waals surface area contributed by atoms with E-state index >= 15 is 0 Å². The number of amides is 1. The molecule has 28 heavy (non-hydrogen) atoms. The van der Waals surface area contributed by atoms with Crippen LogP contribution in [0.4, 0.5) is 0 Å². The highest BCUT2D eigenvalue weighted by atomic mass is 16.2. The molecule has 2 saturated carbocycles. The molecule has 1 aromatic carbocycles. The summed E-state index contributed by atoms with van der Waals surface area (Å²) in [5.74, 6) is 1.47. The topological polar surface area (TPSA) is 44.4 Å². The van der Waals surface area contributed by atoms with E-state index in [1.807, 2.05) is 0 Å². The molecule has 1 amide bonds. The van der Waals surface area contributed by atoms with Crippen molar-refractivity contribution in [2.75, 3.05) is 26.2 Å². The second-order valence-electron chi connectivity index (χ2n) is 9.12. The minimum absolute atomic E-state index is 0.232. The SMILES string of the molecule is O=C(CN1CCNCC1C1CCCCC1)NC1CCCCC1c1ccccc1. The number of carbonyl (C=O) groups excluding carboxylic acids is 1. The Morgan fingerprint density at radius 3 is 2.57 bits per heavy atom. The van der Waals surface area contributed by atoms with Gasteiger partial charge in [-0.1, -0.05) is 62.4 Å². The molecular formula is C24H37N3O. The minimum Gasteiger partial charge on any atom is -0.352 e. The molecule has 4 nitrogen and oxygen atoms in total. The fourth-order valence-corrected chi connectivity index (χ4v) is 5.79. The quantitative estimate of drug-likeness (QED) is 0.815. The Hall–Kier alpha value is -1.39. The van der Waals surface area contributed by atoms with E-state index in [0.29, 0.717) is 24.5 Å². The van der Waals surface area contributed by atoms with Crippen LogP contribution in [0.15, 0.2) is 30.3 Å². The van der Waals surface area contributed by atoms with Gasteiger partial charge in [-0.25, -0.2) is 0 Å². The molecule has 1 heterocycles. The Bertz CT molecular complexity index is 614. The van der Waals surface area contributed by atoms with Crippen LogP contribution in [0.25, 0.3) is 0 Å². The van der Waals surface area contributed by atoms with Crippen molar-refractivity contribution >= 4 is 5.91 Å². The van der Waals surface area contributed by atoms with Crippen LogP contribution in [0.3, 0.4) is 0 Å². The van der Waals surface area contributed by atoms with Gasteiger partial charge in [-0.15, -0.1) is 0 Å². The van der Waals surface area contributed by atoms with Crippen molar-refractivity contribution in [1.29, 1.82) is 0 Å². The molecule has 1 aliphatic heterocycles. The Labute approximate surface area is 170 Å². The number of nitrogens with one attached hydrogen (secondary N) is 2. The van der Waals surface area contributed by atoms with E-state index < -0.39 is 0 Å². The maximum Gasteiger partial charge on any atom is 0.234 e. The number of nitrogens with zero attached hydrogens (tertiary/aromatic N) is 1. The van der Waals surface area contributed by atoms with Crippen LogP contribution in [-0.2, 0) is 4.79 Å². The second-order valence-corrected chi connectivity index (χ2v) is 9.12. The summed E-state index contributed by atoms with van der Waals surface area (Å²) in [6.07, 6.45) is 11.6. The molecule has 4 rings (SSSR count). The normalized spacial score (nSPS) is 30.1. The second kappa shape index (κ2) is 9.89. The van der Waals surface area contributed by atoms with Gasteiger partial charge in [0.2, 0.25) is 5.91 Å². The lowest BCUT2D eigenvalue weighted by Crippen LogP contribution is -2.57. The number of rotatable bonds is 5. The van der Waals surface area contributed by atoms with Gasteiger partial charge in [0, 0.05) is 37.6 Å². The molecule has 154 valence electrons. The number of hydrogen-bond donors (Lipinski definition) is 2. The summed E-state index contributed by atoms with van der Waals surface area (Å²) in [6, 6.07) is 11.6. The van der Waals surface area contributed by atoms with Crippen molar-refractivity contribution in [2.45, 2.75) is 75.8 Å². The maximum atomic E-state index is 13.0. The lowest BCUT2D eigenvalue weighted by atomic mass is 9.80. The molecular weight excluding hydrogens is 346 g/mol. The van der Waals surface area contributed by atoms with Crippen molar-refractivity contribution in [3.05, 3.63) is 35.9 Å². The summed E-state index contributed by atoms with van der Waals surface area (Å²) in [7, 11) is 0. The zero-order valence-corrected chi connectivity index (χ0v) is 17.2. The number of piperazine rings is 1. The number of benzene rings is 1. The van der Waals surface area contributed by atoms with Gasteiger partial charge in [-0.3, -0.25) is 9.69 Å². The van der Waals surface area contributed by atoms with Gasteiger partial charge < -0.3 is 10.6 Å². The van der Waals surface area contributed by atoms with E-state index in [-0.39, 0.29) is 5.91 Å². The zero-order valence-electron chi connectivity index (χ0n) is 17.2. The molecule has 1 saturated heterocycles. The van der Waals surface area contributed by atoms with Crippen LogP contribution in [0.5, 0.6) is 0 Å². The first kappa shape index (κ1) is 19.9. The molecule has 0 spiro atoms. The monoisotopic (exact) mass is 383 g/mol. The van der Waals surface area contributed by atoms with Gasteiger partial charge >= 0.3 is 0 Å². The van der Waals surface area contributed by atoms with E-state index in [1.54, 1.807) is 0 Å². The summed E-state index contributed by atoms with van der Waals surface area (Å²) in [5.41, 5.74) is 1.38. The smallest absolute Gasteiger partial charge is 0.234 e. The maximum absolute atomic E-state index is 13.0. The zero-order chi connectivity index (χ0) is 19.2. The minimum atomic E-state index is 0.232. The van der Waals surface area contributed by atoms with Crippen LogP contribution < -0.4 is 10.6 Å². The summed E-state index contributed by atoms with van der Waals surface area (Å²) in [5, 5.41) is 7.01. The molecule has 0 radical (unpaired) electrons. The van der Waals surface area contributed by atoms with Gasteiger partial charge in [0.1, 0.15) is 0 Å². The van der Waals surface area contributed by atoms with Crippen molar-refractivity contribution in [3.8, 4) is 0 Å². The molecule has 3 fully saturated rings. The van der Waals surface area contributed by atoms with E-state index in [4.69, 9.17) is 0 Å². The Kier molecular flexibility index (Phi) is 7.03. The van der Waals surface area contributed by atoms with E-state index in [9.17, 15) is 4.79 Å². The van der Waals surface area contributed by atoms with Crippen molar-refractivity contribution in [3.63, 3.8) is 0 Å². The molecule has 3 unspecified atom stereocenters. The molecule has 2 N–H and O–H groups in total. The molecule has 1 aromatic rings. The van der Waals surface area contributed by atoms with Crippen LogP contribution >= 0.6 is 0 Å². The predicted molar refractivity (Wildman–Crippen MR) is 114 cm³/mol. The molecule has 3 atom stereocenters. The third-order valence-corrected chi connectivity index (χ3v) is 7.28. The first-order valence-electron chi connectivity index (χ1n) is 11.6. The van der Waals surface area contributed by atoms with E-state index in [2.05, 4.69) is 45.9 Å². The highest BCUT2D eigenvalue weighted by molar-refractivity contribution is 5.78. The fourth-order valence-electron chi connectivity index (χ4n) is 5.79. The van der Waals surface area contributed by atoms with Crippen LogP contribution in [0, 0.1) is 5.92 Å². The molecule has 0 bridgehead atoms. The summed E-state index contributed by atoms with van der Waals surface area (Å²) < 4.78 is 0. The third kappa shape index (κ3) is 4.96. The average molecular weight is 384 g/mol. The highest BCUT2D eigenvalue weighted by Crippen LogP contribution is 2.33. The van der Waals surface area contributed by atoms with Crippen molar-refractivity contribution in [2.24, 2.45) is 5.92 Å². The first-order chi connectivity index (χ1) is 13.8. The lowest BCUT2D eigenvalue weighted by Gasteiger charge is -2.42. The standard InChI is InChI=1S/C24H37N3O/c28-24(18-27-16-15-25-17-23(27)20-11-5-2-6-12-20)26-22-14-8-7-13-21(22)19-9-3-1-4-10-19/h1,3-4,9-10,20-23,25H,2,5-8,11-18H2,(H,26,28). The number of carbonyl (C=O) groups is 1. The predicted octanol–water partition coefficient (Wildman–Crippen LogP) is 3.68. The Morgan fingerprint density at radius 2 is 1.75 bits per heavy atom. The summed E-state index contributed by atoms with van der Waals surface area (Å²) in [6.45, 7) is 3.63. The largest absolute Gasteiger partial charge is 0.352 e. The highest BCUT2D eigenvalue weighted by Gasteiger charge is 2.33. The van der Waals surface area contributed by atoms with E-state index in [0.717, 1.165) is 32.0 Å². The molecule has 2 aliphatic carbocycles. The van der Waals surface area contributed by atoms with Gasteiger partial charge in [0.25, 0.3) is 0 Å². The molecule has 4 heteroatoms. The van der Waals surface area contributed by atoms with Gasteiger partial charge in [-0.2, -0.15) is 0 Å². The lowest BCUT2D eigenvalue weighted by molar-refractivity contribution is -0.124. The van der Waals surface area contributed by atoms with Crippen molar-refractivity contribution in [1.82, 2.24) is 15.5 Å². The first-order valence-corrected chi connectivity index (χ1v) is 11.6. The molecule has 3 aliphatic rings. The fraction of sp³-hybridized carbons (Fsp3) is 0.708. The van der Waals surface area contributed by atoms with Gasteiger partial charge in [-0.05, 0) is 37.2 Å². The summed E-state index contributed by atoms with van der Waals surface area (Å²) >= 11 is 0. The molecule has 0 aromatic heterocycles. The average Bonchev–Trinajstić information content (AvgIpc) is 2.76. The Morgan fingerprint density at radius 1 is 1.00 bits per heavy atom. The van der Waals surface area contributed by atoms with Gasteiger partial charge in [0.15, 0.2) is 0 Å². The van der Waals surface area contributed by atoms with Crippen molar-refractivity contribution < 1.29 is 4.79 Å². The van der Waals surface area contributed by atoms with Crippen LogP contribution in [0.1, 0.15) is 69.3 Å². The van der Waals surface area contributed by atoms with Crippen LogP contribution in [0.2, 0.25) is 0 Å². The van der Waals surface area contributed by atoms with Crippen LogP contribution in [-0.4, -0.2) is 49.1 Å².